The van der Waals surface area contributed by atoms with Crippen LogP contribution in [-0.2, 0) is 34.9 Å². The van der Waals surface area contributed by atoms with Crippen molar-refractivity contribution >= 4 is 28.9 Å². The minimum absolute atomic E-state index is 0.355. The molecular weight excluding hydrogens is 486 g/mol. The van der Waals surface area contributed by atoms with Crippen molar-refractivity contribution in [1.82, 2.24) is 10.3 Å². The fourth-order valence-corrected chi connectivity index (χ4v) is 4.45. The lowest BCUT2D eigenvalue weighted by Gasteiger charge is -2.35. The Morgan fingerprint density at radius 3 is 2.62 bits per heavy atom. The normalized spacial score (nSPS) is 17.1. The number of benzene rings is 2. The summed E-state index contributed by atoms with van der Waals surface area (Å²) in [6, 6.07) is 25.6. The lowest BCUT2D eigenvalue weighted by atomic mass is 10.1. The zero-order valence-corrected chi connectivity index (χ0v) is 21.3. The maximum atomic E-state index is 11.3. The van der Waals surface area contributed by atoms with Crippen LogP contribution in [0.15, 0.2) is 94.5 Å². The van der Waals surface area contributed by atoms with E-state index in [4.69, 9.17) is 14.1 Å². The van der Waals surface area contributed by atoms with Gasteiger partial charge in [0, 0.05) is 12.2 Å². The third-order valence-corrected chi connectivity index (χ3v) is 6.67. The number of fused-ring (bicyclic) bond motifs is 1. The van der Waals surface area contributed by atoms with Crippen LogP contribution in [0.5, 0.6) is 0 Å². The van der Waals surface area contributed by atoms with E-state index in [2.05, 4.69) is 20.9 Å². The molecule has 5 rings (SSSR count). The summed E-state index contributed by atoms with van der Waals surface area (Å²) in [5.74, 6) is 0.848. The largest absolute Gasteiger partial charge is 0.617 e. The predicted molar refractivity (Wildman–Crippen MR) is 148 cm³/mol. The first-order valence-corrected chi connectivity index (χ1v) is 13.8. The quantitative estimate of drug-likeness (QED) is 0.151. The highest BCUT2D eigenvalue weighted by atomic mass is 32.2. The van der Waals surface area contributed by atoms with Crippen LogP contribution < -0.4 is 16.0 Å². The van der Waals surface area contributed by atoms with Crippen LogP contribution in [0, 0.1) is 0 Å². The molecule has 9 heteroatoms. The van der Waals surface area contributed by atoms with Gasteiger partial charge in [0.1, 0.15) is 17.2 Å². The summed E-state index contributed by atoms with van der Waals surface area (Å²) in [4.78, 5) is 9.38. The van der Waals surface area contributed by atoms with E-state index in [0.29, 0.717) is 36.9 Å². The van der Waals surface area contributed by atoms with Gasteiger partial charge in [-0.25, -0.2) is 4.99 Å². The van der Waals surface area contributed by atoms with E-state index in [0.717, 1.165) is 28.3 Å². The Balaban J connectivity index is 1.43. The molecule has 0 amide bonds. The zero-order chi connectivity index (χ0) is 25.5. The first-order valence-electron chi connectivity index (χ1n) is 12.0. The van der Waals surface area contributed by atoms with Gasteiger partial charge in [0.2, 0.25) is 0 Å². The van der Waals surface area contributed by atoms with Gasteiger partial charge in [0.05, 0.1) is 43.2 Å². The summed E-state index contributed by atoms with van der Waals surface area (Å²) < 4.78 is 23.9. The number of anilines is 2. The molecular formula is C28H29N5O3S. The average Bonchev–Trinajstić information content (AvgIpc) is 3.40. The summed E-state index contributed by atoms with van der Waals surface area (Å²) in [6.45, 7) is 1.56. The van der Waals surface area contributed by atoms with E-state index in [1.807, 2.05) is 78.9 Å². The summed E-state index contributed by atoms with van der Waals surface area (Å²) in [5.41, 5.74) is 4.16. The maximum Gasteiger partial charge on any atom is 0.268 e. The number of pyridine rings is 1. The van der Waals surface area contributed by atoms with Crippen molar-refractivity contribution in [3.8, 4) is 11.5 Å². The SMILES string of the molecule is C[S+]([O-])CCNCc1ccc(-c2cc3c(cn2)NC=NC3(Nc2ccccc2)OCc2ccccc2)o1. The molecule has 0 saturated heterocycles. The monoisotopic (exact) mass is 515 g/mol. The number of furan rings is 1. The summed E-state index contributed by atoms with van der Waals surface area (Å²) >= 11 is -0.824. The third kappa shape index (κ3) is 6.20. The van der Waals surface area contributed by atoms with E-state index in [1.54, 1.807) is 18.8 Å². The second kappa shape index (κ2) is 11.6. The Hall–Kier alpha value is -3.63. The van der Waals surface area contributed by atoms with Crippen LogP contribution in [0.4, 0.5) is 11.4 Å². The van der Waals surface area contributed by atoms with E-state index in [9.17, 15) is 4.55 Å². The van der Waals surface area contributed by atoms with E-state index in [-0.39, 0.29) is 0 Å². The predicted octanol–water partition coefficient (Wildman–Crippen LogP) is 4.70. The molecule has 1 aliphatic heterocycles. The van der Waals surface area contributed by atoms with Gasteiger partial charge in [-0.1, -0.05) is 59.7 Å². The molecule has 8 nitrogen and oxygen atoms in total. The number of aromatic nitrogens is 1. The number of para-hydroxylation sites is 1. The van der Waals surface area contributed by atoms with Gasteiger partial charge in [-0.3, -0.25) is 4.98 Å². The summed E-state index contributed by atoms with van der Waals surface area (Å²) in [6.07, 6.45) is 5.09. The van der Waals surface area contributed by atoms with Crippen molar-refractivity contribution in [2.75, 3.05) is 29.2 Å². The van der Waals surface area contributed by atoms with Crippen LogP contribution in [0.2, 0.25) is 0 Å². The first kappa shape index (κ1) is 25.0. The zero-order valence-electron chi connectivity index (χ0n) is 20.5. The van der Waals surface area contributed by atoms with Gasteiger partial charge in [-0.2, -0.15) is 0 Å². The molecule has 4 aromatic rings. The second-order valence-corrected chi connectivity index (χ2v) is 10.2. The van der Waals surface area contributed by atoms with Gasteiger partial charge in [-0.15, -0.1) is 0 Å². The van der Waals surface area contributed by atoms with Crippen molar-refractivity contribution in [2.45, 2.75) is 19.0 Å². The van der Waals surface area contributed by atoms with Crippen LogP contribution in [-0.4, -0.2) is 34.4 Å². The topological polar surface area (TPSA) is 107 Å². The number of nitrogens with zero attached hydrogens (tertiary/aromatic N) is 2. The Bertz CT molecular complexity index is 1330. The standard InChI is InChI=1S/C28H29N5O3S/c1-37(34)15-14-29-17-23-12-13-27(36-23)25-16-24-26(18-30-25)31-20-32-28(24,33-22-10-6-3-7-11-22)35-19-21-8-4-2-5-9-21/h2-13,16,18,20,29,33H,14-15,17,19H2,1H3,(H,31,32). The van der Waals surface area contributed by atoms with Crippen molar-refractivity contribution in [3.05, 3.63) is 102 Å². The Kier molecular flexibility index (Phi) is 7.86. The summed E-state index contributed by atoms with van der Waals surface area (Å²) in [5, 5.41) is 9.94. The molecule has 3 heterocycles. The van der Waals surface area contributed by atoms with Crippen LogP contribution in [0.1, 0.15) is 16.9 Å². The summed E-state index contributed by atoms with van der Waals surface area (Å²) in [7, 11) is 0. The molecule has 2 unspecified atom stereocenters. The van der Waals surface area contributed by atoms with Gasteiger partial charge in [-0.05, 0) is 35.9 Å². The minimum atomic E-state index is -1.18. The number of hydrogen-bond acceptors (Lipinski definition) is 8. The number of rotatable bonds is 11. The molecule has 2 aromatic carbocycles. The van der Waals surface area contributed by atoms with Crippen molar-refractivity contribution in [2.24, 2.45) is 4.99 Å². The average molecular weight is 516 g/mol. The van der Waals surface area contributed by atoms with E-state index in [1.165, 1.54) is 0 Å². The van der Waals surface area contributed by atoms with E-state index < -0.39 is 17.0 Å². The van der Waals surface area contributed by atoms with Crippen LogP contribution in [0.3, 0.4) is 0 Å². The molecule has 0 saturated carbocycles. The Morgan fingerprint density at radius 1 is 1.05 bits per heavy atom. The minimum Gasteiger partial charge on any atom is -0.617 e. The molecule has 37 heavy (non-hydrogen) atoms. The lowest BCUT2D eigenvalue weighted by molar-refractivity contribution is -0.0335. The van der Waals surface area contributed by atoms with Crippen molar-refractivity contribution in [3.63, 3.8) is 0 Å². The highest BCUT2D eigenvalue weighted by Crippen LogP contribution is 2.39. The molecule has 0 aliphatic carbocycles. The van der Waals surface area contributed by atoms with Crippen molar-refractivity contribution < 1.29 is 13.7 Å². The molecule has 0 spiro atoms. The fraction of sp³-hybridized carbons (Fsp3) is 0.214. The molecule has 0 fully saturated rings. The second-order valence-electron chi connectivity index (χ2n) is 8.65. The molecule has 2 atom stereocenters. The highest BCUT2D eigenvalue weighted by Gasteiger charge is 2.38. The third-order valence-electron chi connectivity index (χ3n) is 5.89. The van der Waals surface area contributed by atoms with Gasteiger partial charge in [0.15, 0.2) is 5.76 Å². The highest BCUT2D eigenvalue weighted by molar-refractivity contribution is 7.90. The Labute approximate surface area is 219 Å². The van der Waals surface area contributed by atoms with Gasteiger partial charge in [0.25, 0.3) is 5.85 Å². The molecule has 0 radical (unpaired) electrons. The number of ether oxygens (including phenoxy) is 1. The van der Waals surface area contributed by atoms with Crippen LogP contribution >= 0.6 is 0 Å². The molecule has 3 N–H and O–H groups in total. The molecule has 190 valence electrons. The lowest BCUT2D eigenvalue weighted by Crippen LogP contribution is -2.40. The number of hydrogen-bond donors (Lipinski definition) is 3. The van der Waals surface area contributed by atoms with E-state index >= 15 is 0 Å². The fourth-order valence-electron chi connectivity index (χ4n) is 4.02. The van der Waals surface area contributed by atoms with Crippen LogP contribution in [0.25, 0.3) is 11.5 Å². The smallest absolute Gasteiger partial charge is 0.268 e. The van der Waals surface area contributed by atoms with Gasteiger partial charge >= 0.3 is 0 Å². The van der Waals surface area contributed by atoms with Crippen molar-refractivity contribution in [1.29, 1.82) is 0 Å². The first-order chi connectivity index (χ1) is 18.1. The molecule has 0 bridgehead atoms. The van der Waals surface area contributed by atoms with Gasteiger partial charge < -0.3 is 29.7 Å². The molecule has 2 aromatic heterocycles. The maximum absolute atomic E-state index is 11.3. The Morgan fingerprint density at radius 2 is 1.84 bits per heavy atom. The molecule has 1 aliphatic rings. The number of nitrogens with one attached hydrogen (secondary N) is 3. The number of aliphatic imine (C=N–C) groups is 1.